The zero-order valence-corrected chi connectivity index (χ0v) is 27.1. The topological polar surface area (TPSA) is 13.1 Å². The van der Waals surface area contributed by atoms with E-state index in [1.165, 1.54) is 0 Å². The van der Waals surface area contributed by atoms with Crippen LogP contribution in [0.15, 0.2) is 180 Å². The Morgan fingerprint density at radius 1 is 0.471 bits per heavy atom. The first-order chi connectivity index (χ1) is 31.2. The third kappa shape index (κ3) is 4.93. The standard InChI is InChI=1S/C50H34O/c1-4-15-33(16-5-1)36-28-30-46-45(31-36)50-43(25-14-26-47(50)51-46)49-41-23-12-10-21-39(41)48(40-22-11-13-24-42(40)49)37-27-29-38(34-17-6-2-7-18-34)44(32-37)35-19-8-3-9-20-35/h1-12,14-23,25-32H,13,24H2/i1D,4D,5D,14D,15D,16D,25D,26D,27D,28D,29D,30D,31D,32D. The molecule has 1 aliphatic carbocycles. The first-order valence-electron chi connectivity index (χ1n) is 23.7. The van der Waals surface area contributed by atoms with Crippen molar-refractivity contribution in [2.45, 2.75) is 12.8 Å². The van der Waals surface area contributed by atoms with E-state index in [1.54, 1.807) is 6.07 Å². The van der Waals surface area contributed by atoms with Crippen molar-refractivity contribution in [2.24, 2.45) is 0 Å². The molecule has 51 heavy (non-hydrogen) atoms. The Labute approximate surface area is 317 Å². The molecule has 0 aliphatic heterocycles. The molecule has 10 rings (SSSR count). The summed E-state index contributed by atoms with van der Waals surface area (Å²) in [7, 11) is 0. The minimum absolute atomic E-state index is 0.0159. The minimum atomic E-state index is -0.689. The molecule has 9 aromatic rings. The summed E-state index contributed by atoms with van der Waals surface area (Å²) in [6, 6.07) is 19.2. The molecule has 0 N–H and O–H groups in total. The number of furan rings is 1. The third-order valence-corrected chi connectivity index (χ3v) is 9.47. The molecule has 1 heteroatoms. The lowest BCUT2D eigenvalue weighted by Crippen LogP contribution is -2.03. The first kappa shape index (κ1) is 18.5. The van der Waals surface area contributed by atoms with Gasteiger partial charge in [-0.25, -0.2) is 0 Å². The molecule has 0 saturated carbocycles. The van der Waals surface area contributed by atoms with Crippen molar-refractivity contribution in [1.29, 1.82) is 0 Å². The van der Waals surface area contributed by atoms with Crippen molar-refractivity contribution in [3.05, 3.63) is 187 Å². The predicted octanol–water partition coefficient (Wildman–Crippen LogP) is 14.0. The minimum Gasteiger partial charge on any atom is -0.456 e. The maximum absolute atomic E-state index is 10.0. The normalized spacial score (nSPS) is 16.3. The highest BCUT2D eigenvalue weighted by Crippen LogP contribution is 2.48. The number of fused-ring (bicyclic) bond motifs is 5. The van der Waals surface area contributed by atoms with E-state index in [-0.39, 0.29) is 57.2 Å². The van der Waals surface area contributed by atoms with Crippen molar-refractivity contribution in [1.82, 2.24) is 0 Å². The quantitative estimate of drug-likeness (QED) is 0.178. The molecule has 1 nitrogen and oxygen atoms in total. The van der Waals surface area contributed by atoms with E-state index in [0.717, 1.165) is 0 Å². The van der Waals surface area contributed by atoms with Gasteiger partial charge in [-0.2, -0.15) is 0 Å². The average Bonchev–Trinajstić information content (AvgIpc) is 3.73. The zero-order chi connectivity index (χ0) is 45.9. The molecule has 1 heterocycles. The van der Waals surface area contributed by atoms with Gasteiger partial charge in [0.15, 0.2) is 0 Å². The molecule has 0 amide bonds. The zero-order valence-electron chi connectivity index (χ0n) is 41.1. The summed E-state index contributed by atoms with van der Waals surface area (Å²) in [5.41, 5.74) is 3.49. The molecule has 1 aliphatic rings. The molecule has 0 fully saturated rings. The van der Waals surface area contributed by atoms with E-state index in [1.807, 2.05) is 91.0 Å². The van der Waals surface area contributed by atoms with Crippen LogP contribution in [0.2, 0.25) is 0 Å². The van der Waals surface area contributed by atoms with Gasteiger partial charge in [-0.15, -0.1) is 0 Å². The highest BCUT2D eigenvalue weighted by atomic mass is 16.3. The second-order valence-corrected chi connectivity index (χ2v) is 12.4. The highest BCUT2D eigenvalue weighted by Gasteiger charge is 2.24. The molecular formula is C50H34O. The van der Waals surface area contributed by atoms with Gasteiger partial charge in [-0.3, -0.25) is 0 Å². The number of allylic oxidation sites excluding steroid dienone is 1. The van der Waals surface area contributed by atoms with Gasteiger partial charge in [0.25, 0.3) is 0 Å². The molecule has 0 spiro atoms. The van der Waals surface area contributed by atoms with Crippen LogP contribution in [0.5, 0.6) is 0 Å². The predicted molar refractivity (Wildman–Crippen MR) is 216 cm³/mol. The maximum Gasteiger partial charge on any atom is 0.136 e. The molecule has 0 saturated heterocycles. The summed E-state index contributed by atoms with van der Waals surface area (Å²) in [6.45, 7) is 0. The van der Waals surface area contributed by atoms with E-state index in [0.29, 0.717) is 68.1 Å². The number of hydrogen-bond donors (Lipinski definition) is 0. The summed E-state index contributed by atoms with van der Waals surface area (Å²) in [6.07, 6.45) is 4.80. The van der Waals surface area contributed by atoms with Crippen molar-refractivity contribution >= 4 is 38.8 Å². The maximum atomic E-state index is 10.0. The molecule has 0 unspecified atom stereocenters. The Bertz CT molecular complexity index is 3550. The number of rotatable bonds is 5. The molecule has 0 atom stereocenters. The Hall–Kier alpha value is -6.44. The third-order valence-electron chi connectivity index (χ3n) is 9.47. The van der Waals surface area contributed by atoms with Crippen LogP contribution >= 0.6 is 0 Å². The molecule has 240 valence electrons. The van der Waals surface area contributed by atoms with E-state index in [2.05, 4.69) is 0 Å². The number of benzene rings is 8. The summed E-state index contributed by atoms with van der Waals surface area (Å²) < 4.78 is 133. The van der Waals surface area contributed by atoms with Crippen LogP contribution in [0.25, 0.3) is 94.4 Å². The van der Waals surface area contributed by atoms with Gasteiger partial charge in [-0.1, -0.05) is 158 Å². The Morgan fingerprint density at radius 2 is 1.18 bits per heavy atom. The van der Waals surface area contributed by atoms with E-state index in [9.17, 15) is 6.85 Å². The molecule has 0 radical (unpaired) electrons. The fourth-order valence-corrected chi connectivity index (χ4v) is 7.25. The molecule has 0 bridgehead atoms. The van der Waals surface area contributed by atoms with Gasteiger partial charge in [-0.05, 0) is 115 Å². The average molecular weight is 665 g/mol. The Morgan fingerprint density at radius 3 is 1.96 bits per heavy atom. The van der Waals surface area contributed by atoms with Crippen molar-refractivity contribution < 1.29 is 23.6 Å². The lowest BCUT2D eigenvalue weighted by molar-refractivity contribution is 0.669. The second-order valence-electron chi connectivity index (χ2n) is 12.4. The van der Waals surface area contributed by atoms with Crippen LogP contribution < -0.4 is 0 Å². The monoisotopic (exact) mass is 664 g/mol. The van der Waals surface area contributed by atoms with Crippen LogP contribution in [-0.4, -0.2) is 0 Å². The summed E-state index contributed by atoms with van der Waals surface area (Å²) in [4.78, 5) is 0. The summed E-state index contributed by atoms with van der Waals surface area (Å²) in [5.74, 6) is 0. The lowest BCUT2D eigenvalue weighted by Gasteiger charge is -2.24. The van der Waals surface area contributed by atoms with Crippen LogP contribution in [-0.2, 0) is 6.42 Å². The molecular weight excluding hydrogens is 617 g/mol. The van der Waals surface area contributed by atoms with Crippen LogP contribution in [0, 0.1) is 0 Å². The number of hydrogen-bond acceptors (Lipinski definition) is 1. The van der Waals surface area contributed by atoms with Gasteiger partial charge in [0.2, 0.25) is 0 Å². The van der Waals surface area contributed by atoms with Gasteiger partial charge >= 0.3 is 0 Å². The van der Waals surface area contributed by atoms with Crippen molar-refractivity contribution in [3.8, 4) is 55.6 Å². The van der Waals surface area contributed by atoms with Crippen LogP contribution in [0.3, 0.4) is 0 Å². The van der Waals surface area contributed by atoms with Gasteiger partial charge in [0.05, 0.1) is 19.2 Å². The second kappa shape index (κ2) is 12.2. The fraction of sp³-hybridized carbons (Fsp3) is 0.0400. The van der Waals surface area contributed by atoms with Gasteiger partial charge < -0.3 is 4.42 Å². The van der Waals surface area contributed by atoms with Gasteiger partial charge in [0, 0.05) is 10.8 Å². The van der Waals surface area contributed by atoms with Crippen LogP contribution in [0.1, 0.15) is 36.7 Å². The van der Waals surface area contributed by atoms with Crippen LogP contribution in [0.4, 0.5) is 0 Å². The largest absolute Gasteiger partial charge is 0.456 e. The van der Waals surface area contributed by atoms with Gasteiger partial charge in [0.1, 0.15) is 11.2 Å². The first-order valence-corrected chi connectivity index (χ1v) is 16.7. The molecule has 1 aromatic heterocycles. The van der Waals surface area contributed by atoms with E-state index >= 15 is 0 Å². The highest BCUT2D eigenvalue weighted by molar-refractivity contribution is 6.19. The Balaban J connectivity index is 1.37. The van der Waals surface area contributed by atoms with Crippen molar-refractivity contribution in [2.75, 3.05) is 0 Å². The SMILES string of the molecule is [2H]c1c([2H])c([2H])c(-c2c([2H])c([2H])c3oc4c([2H])c([2H])c([2H])c(-c5c6c(c(-c7c([2H])c([2H])c(-c8ccccc8)c(-c8ccccc8)c7[2H])c7ccccc57)C=CCC6)c4c3c2[2H])c([2H])c1[2H]. The van der Waals surface area contributed by atoms with Crippen molar-refractivity contribution in [3.63, 3.8) is 0 Å². The van der Waals surface area contributed by atoms with E-state index in [4.69, 9.17) is 16.8 Å². The lowest BCUT2D eigenvalue weighted by atomic mass is 9.79. The summed E-state index contributed by atoms with van der Waals surface area (Å²) >= 11 is 0. The molecule has 8 aromatic carbocycles. The fourth-order valence-electron chi connectivity index (χ4n) is 7.25. The summed E-state index contributed by atoms with van der Waals surface area (Å²) in [5, 5.41) is 0.986. The van der Waals surface area contributed by atoms with E-state index < -0.39 is 71.6 Å². The Kier molecular flexibility index (Phi) is 4.42. The smallest absolute Gasteiger partial charge is 0.136 e.